The van der Waals surface area contributed by atoms with Gasteiger partial charge in [-0.1, -0.05) is 78.9 Å². The van der Waals surface area contributed by atoms with Gasteiger partial charge >= 0.3 is 0 Å². The number of fused-ring (bicyclic) bond motifs is 3. The van der Waals surface area contributed by atoms with Crippen molar-refractivity contribution in [3.05, 3.63) is 115 Å². The molecule has 0 spiro atoms. The average molecular weight is 459 g/mol. The van der Waals surface area contributed by atoms with Crippen molar-refractivity contribution >= 4 is 38.5 Å². The molecular formula is C30H22N2O3. The number of benzene rings is 5. The summed E-state index contributed by atoms with van der Waals surface area (Å²) in [4.78, 5) is 18.0. The minimum Gasteiger partial charge on any atom is -0.485 e. The summed E-state index contributed by atoms with van der Waals surface area (Å²) in [5.41, 5.74) is 1.47. The Kier molecular flexibility index (Phi) is 5.35. The molecule has 1 heterocycles. The molecule has 0 saturated heterocycles. The van der Waals surface area contributed by atoms with Crippen LogP contribution in [0.15, 0.2) is 109 Å². The number of carbonyl (C=O) groups is 1. The Balaban J connectivity index is 1.27. The molecule has 0 aliphatic carbocycles. The molecule has 0 bridgehead atoms. The number of aromatic nitrogens is 2. The first-order valence-corrected chi connectivity index (χ1v) is 11.5. The number of rotatable bonds is 6. The van der Waals surface area contributed by atoms with Crippen LogP contribution in [0.2, 0.25) is 0 Å². The second-order valence-corrected chi connectivity index (χ2v) is 8.31. The summed E-state index contributed by atoms with van der Waals surface area (Å²) in [6.07, 6.45) is 0. The van der Waals surface area contributed by atoms with Crippen LogP contribution in [0.4, 0.5) is 0 Å². The molecule has 0 unspecified atom stereocenters. The molecule has 0 aliphatic rings. The van der Waals surface area contributed by atoms with Crippen LogP contribution in [0.3, 0.4) is 0 Å². The maximum Gasteiger partial charge on any atom is 0.270 e. The van der Waals surface area contributed by atoms with Gasteiger partial charge in [-0.25, -0.2) is 4.98 Å². The molecule has 5 nitrogen and oxygen atoms in total. The van der Waals surface area contributed by atoms with Gasteiger partial charge in [-0.3, -0.25) is 9.36 Å². The van der Waals surface area contributed by atoms with Gasteiger partial charge in [-0.15, -0.1) is 0 Å². The molecular weight excluding hydrogens is 436 g/mol. The van der Waals surface area contributed by atoms with Crippen molar-refractivity contribution in [3.8, 4) is 11.5 Å². The Morgan fingerprint density at radius 1 is 0.714 bits per heavy atom. The lowest BCUT2D eigenvalue weighted by Crippen LogP contribution is -2.22. The number of para-hydroxylation sites is 2. The first-order chi connectivity index (χ1) is 17.3. The molecule has 0 aliphatic heterocycles. The largest absolute Gasteiger partial charge is 0.485 e. The van der Waals surface area contributed by atoms with Gasteiger partial charge in [-0.2, -0.15) is 0 Å². The molecule has 170 valence electrons. The van der Waals surface area contributed by atoms with Crippen molar-refractivity contribution in [2.75, 3.05) is 6.61 Å². The molecule has 5 aromatic carbocycles. The number of nitrogens with zero attached hydrogens (tertiary/aromatic N) is 2. The first kappa shape index (κ1) is 20.9. The van der Waals surface area contributed by atoms with Crippen LogP contribution in [0.25, 0.3) is 32.6 Å². The third-order valence-corrected chi connectivity index (χ3v) is 6.07. The molecule has 35 heavy (non-hydrogen) atoms. The fraction of sp³-hybridized carbons (Fsp3) is 0.0667. The zero-order chi connectivity index (χ0) is 23.6. The van der Waals surface area contributed by atoms with Gasteiger partial charge in [-0.05, 0) is 46.5 Å². The van der Waals surface area contributed by atoms with E-state index in [1.54, 1.807) is 4.57 Å². The zero-order valence-corrected chi connectivity index (χ0v) is 18.9. The Morgan fingerprint density at radius 3 is 2.37 bits per heavy atom. The lowest BCUT2D eigenvalue weighted by molar-refractivity contribution is 0.0834. The summed E-state index contributed by atoms with van der Waals surface area (Å²) >= 11 is 0. The first-order valence-electron chi connectivity index (χ1n) is 11.5. The average Bonchev–Trinajstić information content (AvgIpc) is 3.29. The summed E-state index contributed by atoms with van der Waals surface area (Å²) in [6, 6.07) is 35.4. The molecule has 6 aromatic rings. The smallest absolute Gasteiger partial charge is 0.270 e. The van der Waals surface area contributed by atoms with Crippen molar-refractivity contribution in [3.63, 3.8) is 0 Å². The fourth-order valence-electron chi connectivity index (χ4n) is 4.38. The Hall–Kier alpha value is -4.64. The SMILES string of the molecule is O=C(COc1ccc2ccccc2c1)n1c(COc2cccc3ccccc23)nc2ccccc21. The Labute approximate surface area is 202 Å². The van der Waals surface area contributed by atoms with Gasteiger partial charge < -0.3 is 9.47 Å². The van der Waals surface area contributed by atoms with Crippen molar-refractivity contribution in [1.82, 2.24) is 9.55 Å². The monoisotopic (exact) mass is 458 g/mol. The van der Waals surface area contributed by atoms with Crippen LogP contribution < -0.4 is 9.47 Å². The van der Waals surface area contributed by atoms with E-state index in [0.29, 0.717) is 11.6 Å². The van der Waals surface area contributed by atoms with Crippen molar-refractivity contribution in [2.24, 2.45) is 0 Å². The maximum absolute atomic E-state index is 13.3. The van der Waals surface area contributed by atoms with E-state index in [1.165, 1.54) is 0 Å². The van der Waals surface area contributed by atoms with Gasteiger partial charge in [0.2, 0.25) is 0 Å². The quantitative estimate of drug-likeness (QED) is 0.281. The number of imidazole rings is 1. The van der Waals surface area contributed by atoms with E-state index in [4.69, 9.17) is 9.47 Å². The van der Waals surface area contributed by atoms with Crippen LogP contribution in [-0.4, -0.2) is 22.1 Å². The van der Waals surface area contributed by atoms with E-state index in [-0.39, 0.29) is 19.1 Å². The number of hydrogen-bond acceptors (Lipinski definition) is 4. The second-order valence-electron chi connectivity index (χ2n) is 8.31. The standard InChI is InChI=1S/C30H22N2O3/c33-30(20-34-24-17-16-21-8-1-2-10-23(21)18-24)32-27-14-6-5-13-26(27)31-29(32)19-35-28-15-7-11-22-9-3-4-12-25(22)28/h1-18H,19-20H2. The van der Waals surface area contributed by atoms with Gasteiger partial charge in [0.05, 0.1) is 11.0 Å². The highest BCUT2D eigenvalue weighted by molar-refractivity contribution is 5.92. The zero-order valence-electron chi connectivity index (χ0n) is 18.9. The van der Waals surface area contributed by atoms with Crippen molar-refractivity contribution < 1.29 is 14.3 Å². The van der Waals surface area contributed by atoms with Crippen LogP contribution in [0, 0.1) is 0 Å². The number of carbonyl (C=O) groups excluding carboxylic acids is 1. The highest BCUT2D eigenvalue weighted by Crippen LogP contribution is 2.27. The Bertz CT molecular complexity index is 1680. The number of hydrogen-bond donors (Lipinski definition) is 0. The predicted octanol–water partition coefficient (Wildman–Crippen LogP) is 6.64. The summed E-state index contributed by atoms with van der Waals surface area (Å²) in [5, 5.41) is 4.30. The normalized spacial score (nSPS) is 11.2. The number of ether oxygens (including phenoxy) is 2. The van der Waals surface area contributed by atoms with E-state index in [0.717, 1.165) is 38.3 Å². The molecule has 0 amide bonds. The molecule has 0 atom stereocenters. The third-order valence-electron chi connectivity index (χ3n) is 6.07. The van der Waals surface area contributed by atoms with Gasteiger partial charge in [0, 0.05) is 5.39 Å². The molecule has 0 fully saturated rings. The summed E-state index contributed by atoms with van der Waals surface area (Å²) in [6.45, 7) is 0.0460. The van der Waals surface area contributed by atoms with Gasteiger partial charge in [0.1, 0.15) is 18.1 Å². The highest BCUT2D eigenvalue weighted by atomic mass is 16.5. The molecule has 5 heteroatoms. The second kappa shape index (κ2) is 8.95. The topological polar surface area (TPSA) is 53.4 Å². The maximum atomic E-state index is 13.3. The predicted molar refractivity (Wildman–Crippen MR) is 138 cm³/mol. The summed E-state index contributed by atoms with van der Waals surface area (Å²) < 4.78 is 13.6. The van der Waals surface area contributed by atoms with Crippen molar-refractivity contribution in [1.29, 1.82) is 0 Å². The van der Waals surface area contributed by atoms with Gasteiger partial charge in [0.25, 0.3) is 5.91 Å². The summed E-state index contributed by atoms with van der Waals surface area (Å²) in [5.74, 6) is 1.73. The lowest BCUT2D eigenvalue weighted by atomic mass is 10.1. The van der Waals surface area contributed by atoms with E-state index < -0.39 is 0 Å². The molecule has 1 aromatic heterocycles. The van der Waals surface area contributed by atoms with Gasteiger partial charge in [0.15, 0.2) is 12.4 Å². The summed E-state index contributed by atoms with van der Waals surface area (Å²) in [7, 11) is 0. The van der Waals surface area contributed by atoms with Crippen LogP contribution in [-0.2, 0) is 6.61 Å². The molecule has 0 saturated carbocycles. The molecule has 0 N–H and O–H groups in total. The third kappa shape index (κ3) is 4.08. The fourth-order valence-corrected chi connectivity index (χ4v) is 4.38. The van der Waals surface area contributed by atoms with E-state index >= 15 is 0 Å². The highest BCUT2D eigenvalue weighted by Gasteiger charge is 2.18. The van der Waals surface area contributed by atoms with Crippen LogP contribution >= 0.6 is 0 Å². The minimum absolute atomic E-state index is 0.111. The Morgan fingerprint density at radius 2 is 1.46 bits per heavy atom. The molecule has 6 rings (SSSR count). The van der Waals surface area contributed by atoms with Crippen LogP contribution in [0.5, 0.6) is 11.5 Å². The van der Waals surface area contributed by atoms with E-state index in [2.05, 4.69) is 4.98 Å². The molecule has 0 radical (unpaired) electrons. The van der Waals surface area contributed by atoms with E-state index in [1.807, 2.05) is 109 Å². The minimum atomic E-state index is -0.205. The van der Waals surface area contributed by atoms with Crippen molar-refractivity contribution in [2.45, 2.75) is 6.61 Å². The van der Waals surface area contributed by atoms with E-state index in [9.17, 15) is 4.79 Å². The lowest BCUT2D eigenvalue weighted by Gasteiger charge is -2.12. The van der Waals surface area contributed by atoms with Crippen LogP contribution in [0.1, 0.15) is 10.6 Å².